The molecule has 0 unspecified atom stereocenters. The lowest BCUT2D eigenvalue weighted by Crippen LogP contribution is -2.34. The van der Waals surface area contributed by atoms with Crippen molar-refractivity contribution >= 4 is 28.5 Å². The standard InChI is InChI=1S/C26H28N4O2/c1-4-13-28(14-5-2)25(32)18-30-23-12-7-6-11-22(23)27-26(30)20-16-24(31)29(17-20)21-10-8-9-19(3)15-21/h4-12,15,20H,1-2,13-14,16-18H2,3H3/t20-/m1/s1. The summed E-state index contributed by atoms with van der Waals surface area (Å²) >= 11 is 0. The third-order valence-electron chi connectivity index (χ3n) is 5.83. The first-order chi connectivity index (χ1) is 15.5. The summed E-state index contributed by atoms with van der Waals surface area (Å²) in [6, 6.07) is 15.8. The van der Waals surface area contributed by atoms with Crippen LogP contribution in [-0.4, -0.2) is 45.9 Å². The molecule has 0 spiro atoms. The summed E-state index contributed by atoms with van der Waals surface area (Å²) < 4.78 is 1.97. The monoisotopic (exact) mass is 428 g/mol. The van der Waals surface area contributed by atoms with Gasteiger partial charge in [0.25, 0.3) is 0 Å². The van der Waals surface area contributed by atoms with Gasteiger partial charge in [-0.1, -0.05) is 36.4 Å². The Morgan fingerprint density at radius 2 is 1.91 bits per heavy atom. The number of benzene rings is 2. The average Bonchev–Trinajstić information content (AvgIpc) is 3.34. The normalized spacial score (nSPS) is 15.8. The Bertz CT molecular complexity index is 1170. The minimum absolute atomic E-state index is 0.0333. The van der Waals surface area contributed by atoms with Crippen LogP contribution in [0.3, 0.4) is 0 Å². The van der Waals surface area contributed by atoms with E-state index in [0.29, 0.717) is 26.1 Å². The molecular weight excluding hydrogens is 400 g/mol. The summed E-state index contributed by atoms with van der Waals surface area (Å²) in [6.07, 6.45) is 3.79. The van der Waals surface area contributed by atoms with Crippen LogP contribution in [0.5, 0.6) is 0 Å². The number of aromatic nitrogens is 2. The van der Waals surface area contributed by atoms with Crippen molar-refractivity contribution in [2.45, 2.75) is 25.8 Å². The molecule has 164 valence electrons. The highest BCUT2D eigenvalue weighted by Gasteiger charge is 2.35. The second-order valence-corrected chi connectivity index (χ2v) is 8.17. The zero-order valence-electron chi connectivity index (χ0n) is 18.4. The number of aryl methyl sites for hydroxylation is 1. The SMILES string of the molecule is C=CCN(CC=C)C(=O)Cn1c([C@@H]2CC(=O)N(c3cccc(C)c3)C2)nc2ccccc21. The van der Waals surface area contributed by atoms with Gasteiger partial charge in [0.15, 0.2) is 0 Å². The fourth-order valence-electron chi connectivity index (χ4n) is 4.32. The van der Waals surface area contributed by atoms with Gasteiger partial charge in [0, 0.05) is 37.7 Å². The topological polar surface area (TPSA) is 58.4 Å². The quantitative estimate of drug-likeness (QED) is 0.508. The molecule has 1 aliphatic rings. The van der Waals surface area contributed by atoms with Crippen molar-refractivity contribution < 1.29 is 9.59 Å². The Labute approximate surface area is 188 Å². The van der Waals surface area contributed by atoms with Crippen LogP contribution in [0.15, 0.2) is 73.8 Å². The van der Waals surface area contributed by atoms with Crippen LogP contribution in [0.1, 0.15) is 23.7 Å². The molecule has 6 heteroatoms. The van der Waals surface area contributed by atoms with E-state index in [1.807, 2.05) is 64.9 Å². The van der Waals surface area contributed by atoms with Crippen LogP contribution in [-0.2, 0) is 16.1 Å². The molecule has 4 rings (SSSR count). The number of nitrogens with zero attached hydrogens (tertiary/aromatic N) is 4. The van der Waals surface area contributed by atoms with Crippen LogP contribution in [0, 0.1) is 6.92 Å². The number of imidazole rings is 1. The lowest BCUT2D eigenvalue weighted by Gasteiger charge is -2.21. The maximum absolute atomic E-state index is 13.1. The lowest BCUT2D eigenvalue weighted by molar-refractivity contribution is -0.130. The predicted molar refractivity (Wildman–Crippen MR) is 128 cm³/mol. The second-order valence-electron chi connectivity index (χ2n) is 8.17. The highest BCUT2D eigenvalue weighted by Crippen LogP contribution is 2.33. The van der Waals surface area contributed by atoms with E-state index in [1.165, 1.54) is 0 Å². The van der Waals surface area contributed by atoms with Gasteiger partial charge in [-0.05, 0) is 36.8 Å². The molecule has 1 aliphatic heterocycles. The Morgan fingerprint density at radius 3 is 2.62 bits per heavy atom. The highest BCUT2D eigenvalue weighted by molar-refractivity contribution is 5.96. The predicted octanol–water partition coefficient (Wildman–Crippen LogP) is 4.07. The fraction of sp³-hybridized carbons (Fsp3) is 0.269. The van der Waals surface area contributed by atoms with Gasteiger partial charge in [-0.25, -0.2) is 4.98 Å². The summed E-state index contributed by atoms with van der Waals surface area (Å²) in [7, 11) is 0. The average molecular weight is 429 g/mol. The van der Waals surface area contributed by atoms with E-state index in [9.17, 15) is 9.59 Å². The summed E-state index contributed by atoms with van der Waals surface area (Å²) in [5, 5.41) is 0. The van der Waals surface area contributed by atoms with Crippen LogP contribution in [0.25, 0.3) is 11.0 Å². The molecule has 2 amide bonds. The molecule has 2 heterocycles. The number of para-hydroxylation sites is 2. The van der Waals surface area contributed by atoms with Gasteiger partial charge in [0.1, 0.15) is 12.4 Å². The molecule has 6 nitrogen and oxygen atoms in total. The number of hydrogen-bond acceptors (Lipinski definition) is 3. The number of hydrogen-bond donors (Lipinski definition) is 0. The minimum atomic E-state index is -0.0875. The second kappa shape index (κ2) is 9.22. The molecule has 0 N–H and O–H groups in total. The van der Waals surface area contributed by atoms with E-state index in [1.54, 1.807) is 17.1 Å². The van der Waals surface area contributed by atoms with Crippen molar-refractivity contribution in [2.75, 3.05) is 24.5 Å². The molecule has 1 aromatic heterocycles. The number of carbonyl (C=O) groups excluding carboxylic acids is 2. The molecule has 1 atom stereocenters. The first-order valence-electron chi connectivity index (χ1n) is 10.8. The molecule has 2 aromatic carbocycles. The van der Waals surface area contributed by atoms with E-state index in [2.05, 4.69) is 13.2 Å². The Hall–Kier alpha value is -3.67. The summed E-state index contributed by atoms with van der Waals surface area (Å²) in [4.78, 5) is 34.4. The van der Waals surface area contributed by atoms with Crippen LogP contribution in [0.2, 0.25) is 0 Å². The molecule has 3 aromatic rings. The molecule has 0 bridgehead atoms. The number of rotatable bonds is 8. The molecule has 0 radical (unpaired) electrons. The van der Waals surface area contributed by atoms with E-state index < -0.39 is 0 Å². The van der Waals surface area contributed by atoms with Crippen LogP contribution in [0.4, 0.5) is 5.69 Å². The van der Waals surface area contributed by atoms with Gasteiger partial charge in [-0.3, -0.25) is 9.59 Å². The van der Waals surface area contributed by atoms with Gasteiger partial charge in [0.2, 0.25) is 11.8 Å². The van der Waals surface area contributed by atoms with Gasteiger partial charge in [-0.2, -0.15) is 0 Å². The van der Waals surface area contributed by atoms with Crippen molar-refractivity contribution in [1.82, 2.24) is 14.5 Å². The van der Waals surface area contributed by atoms with Crippen molar-refractivity contribution in [3.63, 3.8) is 0 Å². The van der Waals surface area contributed by atoms with Crippen molar-refractivity contribution in [1.29, 1.82) is 0 Å². The zero-order chi connectivity index (χ0) is 22.7. The number of amides is 2. The van der Waals surface area contributed by atoms with E-state index in [4.69, 9.17) is 4.98 Å². The molecule has 1 fully saturated rings. The minimum Gasteiger partial charge on any atom is -0.334 e. The zero-order valence-corrected chi connectivity index (χ0v) is 18.4. The third kappa shape index (κ3) is 4.21. The first kappa shape index (κ1) is 21.6. The number of anilines is 1. The van der Waals surface area contributed by atoms with Gasteiger partial charge < -0.3 is 14.4 Å². The van der Waals surface area contributed by atoms with Crippen molar-refractivity contribution in [2.24, 2.45) is 0 Å². The largest absolute Gasteiger partial charge is 0.334 e. The maximum Gasteiger partial charge on any atom is 0.243 e. The smallest absolute Gasteiger partial charge is 0.243 e. The molecular formula is C26H28N4O2. The van der Waals surface area contributed by atoms with Crippen LogP contribution < -0.4 is 4.90 Å². The van der Waals surface area contributed by atoms with E-state index in [-0.39, 0.29) is 24.3 Å². The fourth-order valence-corrected chi connectivity index (χ4v) is 4.32. The Balaban J connectivity index is 1.67. The van der Waals surface area contributed by atoms with Gasteiger partial charge >= 0.3 is 0 Å². The van der Waals surface area contributed by atoms with Gasteiger partial charge in [-0.15, -0.1) is 13.2 Å². The van der Waals surface area contributed by atoms with E-state index in [0.717, 1.165) is 28.1 Å². The van der Waals surface area contributed by atoms with Gasteiger partial charge in [0.05, 0.1) is 11.0 Å². The Kier molecular flexibility index (Phi) is 6.21. The summed E-state index contributed by atoms with van der Waals surface area (Å²) in [5.74, 6) is 0.732. The maximum atomic E-state index is 13.1. The van der Waals surface area contributed by atoms with E-state index >= 15 is 0 Å². The first-order valence-corrected chi connectivity index (χ1v) is 10.8. The summed E-state index contributed by atoms with van der Waals surface area (Å²) in [6.45, 7) is 11.1. The van der Waals surface area contributed by atoms with Crippen molar-refractivity contribution in [3.8, 4) is 0 Å². The number of carbonyl (C=O) groups is 2. The third-order valence-corrected chi connectivity index (χ3v) is 5.83. The van der Waals surface area contributed by atoms with Crippen molar-refractivity contribution in [3.05, 3.63) is 85.2 Å². The molecule has 1 saturated heterocycles. The molecule has 32 heavy (non-hydrogen) atoms. The summed E-state index contributed by atoms with van der Waals surface area (Å²) in [5.41, 5.74) is 3.74. The molecule has 0 saturated carbocycles. The van der Waals surface area contributed by atoms with Crippen LogP contribution >= 0.6 is 0 Å². The number of fused-ring (bicyclic) bond motifs is 1. The highest BCUT2D eigenvalue weighted by atomic mass is 16.2. The lowest BCUT2D eigenvalue weighted by atomic mass is 10.1. The Morgan fingerprint density at radius 1 is 1.16 bits per heavy atom. The molecule has 0 aliphatic carbocycles.